The summed E-state index contributed by atoms with van der Waals surface area (Å²) in [4.78, 5) is 26.5. The van der Waals surface area contributed by atoms with Crippen molar-refractivity contribution in [3.63, 3.8) is 0 Å². The lowest BCUT2D eigenvalue weighted by Crippen LogP contribution is -2.46. The summed E-state index contributed by atoms with van der Waals surface area (Å²) < 4.78 is 11.7. The Bertz CT molecular complexity index is 1450. The molecule has 1 fully saturated rings. The lowest BCUT2D eigenvalue weighted by molar-refractivity contribution is 0.0383. The normalized spacial score (nSPS) is 17.0. The number of hydrogen-bond donors (Lipinski definition) is 3. The highest BCUT2D eigenvalue weighted by molar-refractivity contribution is 5.83. The van der Waals surface area contributed by atoms with Gasteiger partial charge in [-0.3, -0.25) is 4.79 Å². The molecular formula is C27H30N6O3. The number of fused-ring (bicyclic) bond motifs is 1. The minimum absolute atomic E-state index is 0.193. The Morgan fingerprint density at radius 3 is 2.64 bits per heavy atom. The smallest absolute Gasteiger partial charge is 0.272 e. The molecule has 5 rings (SSSR count). The molecule has 0 bridgehead atoms. The molecule has 0 amide bonds. The van der Waals surface area contributed by atoms with Crippen LogP contribution in [0.15, 0.2) is 59.5 Å². The Morgan fingerprint density at radius 2 is 1.86 bits per heavy atom. The number of hydrogen-bond acceptors (Lipinski definition) is 8. The quantitative estimate of drug-likeness (QED) is 0.332. The van der Waals surface area contributed by atoms with Gasteiger partial charge in [-0.05, 0) is 70.3 Å². The maximum absolute atomic E-state index is 12.5. The van der Waals surface area contributed by atoms with E-state index in [-0.39, 0.29) is 11.7 Å². The average molecular weight is 487 g/mol. The number of aryl methyl sites for hydroxylation is 1. The number of ether oxygens (including phenoxy) is 2. The predicted octanol–water partition coefficient (Wildman–Crippen LogP) is 4.59. The van der Waals surface area contributed by atoms with Crippen LogP contribution in [0, 0.1) is 6.92 Å². The van der Waals surface area contributed by atoms with Gasteiger partial charge in [-0.1, -0.05) is 11.6 Å². The summed E-state index contributed by atoms with van der Waals surface area (Å²) in [5, 5.41) is 7.24. The number of nitrogens with zero attached hydrogens (tertiary/aromatic N) is 3. The summed E-state index contributed by atoms with van der Waals surface area (Å²) in [6.45, 7) is 2.02. The highest BCUT2D eigenvalue weighted by Gasteiger charge is 2.32. The van der Waals surface area contributed by atoms with E-state index in [0.29, 0.717) is 35.0 Å². The van der Waals surface area contributed by atoms with Gasteiger partial charge in [-0.15, -0.1) is 0 Å². The van der Waals surface area contributed by atoms with Gasteiger partial charge in [0.2, 0.25) is 5.95 Å². The van der Waals surface area contributed by atoms with E-state index in [1.807, 2.05) is 49.4 Å². The highest BCUT2D eigenvalue weighted by Crippen LogP contribution is 2.36. The van der Waals surface area contributed by atoms with Crippen LogP contribution in [0.1, 0.15) is 18.4 Å². The van der Waals surface area contributed by atoms with Crippen molar-refractivity contribution < 1.29 is 9.47 Å². The molecule has 0 atom stereocenters. The van der Waals surface area contributed by atoms with Gasteiger partial charge < -0.3 is 30.0 Å². The second kappa shape index (κ2) is 9.87. The van der Waals surface area contributed by atoms with Crippen LogP contribution in [0.3, 0.4) is 0 Å². The monoisotopic (exact) mass is 486 g/mol. The van der Waals surface area contributed by atoms with Crippen LogP contribution in [-0.2, 0) is 0 Å². The second-order valence-corrected chi connectivity index (χ2v) is 9.31. The molecule has 0 spiro atoms. The lowest BCUT2D eigenvalue weighted by Gasteiger charge is -2.39. The zero-order valence-electron chi connectivity index (χ0n) is 20.8. The topological polar surface area (TPSA) is 104 Å². The van der Waals surface area contributed by atoms with Gasteiger partial charge in [-0.2, -0.15) is 4.98 Å². The standard InChI is InChI=1S/C27H30N6O3/c1-16-5-7-21-17(11-16)12-22(26(34)31-21)30-25-9-10-28-27(32-25)29-18-6-8-23(24(13-18)35-4)36-20-14-19(15-20)33(2)3/h5-13,19-20H,14-15H2,1-4H3,(H,31,34)(H2,28,29,30,32). The van der Waals surface area contributed by atoms with Crippen LogP contribution >= 0.6 is 0 Å². The number of benzene rings is 2. The van der Waals surface area contributed by atoms with Crippen molar-refractivity contribution in [1.82, 2.24) is 19.9 Å². The summed E-state index contributed by atoms with van der Waals surface area (Å²) in [6.07, 6.45) is 3.83. The fourth-order valence-electron chi connectivity index (χ4n) is 4.25. The van der Waals surface area contributed by atoms with Crippen molar-refractivity contribution in [2.45, 2.75) is 31.9 Å². The predicted molar refractivity (Wildman–Crippen MR) is 142 cm³/mol. The molecule has 0 saturated heterocycles. The van der Waals surface area contributed by atoms with Crippen LogP contribution in [0.2, 0.25) is 0 Å². The number of nitrogens with one attached hydrogen (secondary N) is 3. The fourth-order valence-corrected chi connectivity index (χ4v) is 4.25. The Kier molecular flexibility index (Phi) is 6.47. The van der Waals surface area contributed by atoms with Gasteiger partial charge in [0.05, 0.1) is 7.11 Å². The van der Waals surface area contributed by atoms with E-state index in [0.717, 1.165) is 35.0 Å². The van der Waals surface area contributed by atoms with Crippen molar-refractivity contribution in [1.29, 1.82) is 0 Å². The minimum Gasteiger partial charge on any atom is -0.493 e. The minimum atomic E-state index is -0.219. The average Bonchev–Trinajstić information content (AvgIpc) is 2.82. The molecule has 2 heterocycles. The Hall–Kier alpha value is -4.11. The maximum atomic E-state index is 12.5. The van der Waals surface area contributed by atoms with Crippen LogP contribution in [0.5, 0.6) is 11.5 Å². The molecule has 1 aliphatic carbocycles. The largest absolute Gasteiger partial charge is 0.493 e. The third-order valence-corrected chi connectivity index (χ3v) is 6.43. The van der Waals surface area contributed by atoms with E-state index in [1.54, 1.807) is 19.4 Å². The zero-order chi connectivity index (χ0) is 25.2. The summed E-state index contributed by atoms with van der Waals surface area (Å²) in [6, 6.07) is 15.6. The first-order valence-corrected chi connectivity index (χ1v) is 11.9. The molecule has 0 aliphatic heterocycles. The van der Waals surface area contributed by atoms with E-state index < -0.39 is 0 Å². The molecule has 4 aromatic rings. The molecule has 36 heavy (non-hydrogen) atoms. The molecule has 1 aliphatic rings. The van der Waals surface area contributed by atoms with Crippen LogP contribution in [0.25, 0.3) is 10.9 Å². The number of rotatable bonds is 8. The molecule has 0 radical (unpaired) electrons. The maximum Gasteiger partial charge on any atom is 0.272 e. The summed E-state index contributed by atoms with van der Waals surface area (Å²) >= 11 is 0. The molecule has 1 saturated carbocycles. The molecule has 0 unspecified atom stereocenters. The number of anilines is 4. The Labute approximate surface area is 209 Å². The molecular weight excluding hydrogens is 456 g/mol. The lowest BCUT2D eigenvalue weighted by atomic mass is 9.88. The van der Waals surface area contributed by atoms with E-state index in [2.05, 4.69) is 44.6 Å². The number of methoxy groups -OCH3 is 1. The SMILES string of the molecule is COc1cc(Nc2nccc(Nc3cc4cc(C)ccc4[nH]c3=O)n2)ccc1OC1CC(N(C)C)C1. The molecule has 9 heteroatoms. The molecule has 2 aromatic heterocycles. The van der Waals surface area contributed by atoms with Gasteiger partial charge in [0.1, 0.15) is 17.6 Å². The van der Waals surface area contributed by atoms with Crippen molar-refractivity contribution in [3.05, 3.63) is 70.6 Å². The first-order valence-electron chi connectivity index (χ1n) is 11.9. The van der Waals surface area contributed by atoms with Gasteiger partial charge in [0.25, 0.3) is 5.56 Å². The van der Waals surface area contributed by atoms with Gasteiger partial charge in [0, 0.05) is 34.9 Å². The zero-order valence-corrected chi connectivity index (χ0v) is 20.8. The van der Waals surface area contributed by atoms with E-state index >= 15 is 0 Å². The second-order valence-electron chi connectivity index (χ2n) is 9.31. The summed E-state index contributed by atoms with van der Waals surface area (Å²) in [5.74, 6) is 2.24. The van der Waals surface area contributed by atoms with Crippen LogP contribution in [-0.4, -0.2) is 53.2 Å². The summed E-state index contributed by atoms with van der Waals surface area (Å²) in [7, 11) is 5.81. The first kappa shape index (κ1) is 23.6. The third kappa shape index (κ3) is 5.11. The van der Waals surface area contributed by atoms with Crippen LogP contribution < -0.4 is 25.7 Å². The van der Waals surface area contributed by atoms with Gasteiger partial charge in [-0.25, -0.2) is 4.98 Å². The van der Waals surface area contributed by atoms with Crippen molar-refractivity contribution in [2.75, 3.05) is 31.8 Å². The van der Waals surface area contributed by atoms with E-state index in [4.69, 9.17) is 9.47 Å². The van der Waals surface area contributed by atoms with Gasteiger partial charge in [0.15, 0.2) is 11.5 Å². The Morgan fingerprint density at radius 1 is 1.03 bits per heavy atom. The fraction of sp³-hybridized carbons (Fsp3) is 0.296. The molecule has 186 valence electrons. The number of H-pyrrole nitrogens is 1. The van der Waals surface area contributed by atoms with Crippen molar-refractivity contribution in [3.8, 4) is 11.5 Å². The number of pyridine rings is 1. The number of aromatic amines is 1. The van der Waals surface area contributed by atoms with Crippen molar-refractivity contribution in [2.24, 2.45) is 0 Å². The van der Waals surface area contributed by atoms with Crippen LogP contribution in [0.4, 0.5) is 23.1 Å². The highest BCUT2D eigenvalue weighted by atomic mass is 16.5. The first-order chi connectivity index (χ1) is 17.4. The molecule has 3 N–H and O–H groups in total. The molecule has 9 nitrogen and oxygen atoms in total. The van der Waals surface area contributed by atoms with Crippen molar-refractivity contribution >= 4 is 34.0 Å². The van der Waals surface area contributed by atoms with E-state index in [1.165, 1.54) is 0 Å². The van der Waals surface area contributed by atoms with E-state index in [9.17, 15) is 4.79 Å². The third-order valence-electron chi connectivity index (χ3n) is 6.43. The van der Waals surface area contributed by atoms with Gasteiger partial charge >= 0.3 is 0 Å². The summed E-state index contributed by atoms with van der Waals surface area (Å²) in [5.41, 5.74) is 2.86. The Balaban J connectivity index is 1.29. The molecule has 2 aromatic carbocycles. The number of aromatic nitrogens is 3.